The number of alkyl halides is 1. The molecule has 3 aromatic heterocycles. The number of alkyl carbamates (subject to hydrolysis) is 1. The Balaban J connectivity index is 0.000000379. The van der Waals surface area contributed by atoms with Crippen LogP contribution in [0, 0.1) is 0 Å². The van der Waals surface area contributed by atoms with Gasteiger partial charge in [-0.1, -0.05) is 90.5 Å². The van der Waals surface area contributed by atoms with Crippen molar-refractivity contribution >= 4 is 47.2 Å². The number of fused-ring (bicyclic) bond motifs is 3. The number of halogens is 2. The van der Waals surface area contributed by atoms with Crippen LogP contribution in [0.4, 0.5) is 9.59 Å². The molecule has 6 heterocycles. The smallest absolute Gasteiger partial charge is 1.00 e. The van der Waals surface area contributed by atoms with Gasteiger partial charge < -0.3 is 53.7 Å². The molecule has 3 aromatic carbocycles. The van der Waals surface area contributed by atoms with Gasteiger partial charge in [0.2, 0.25) is 0 Å². The average Bonchev–Trinajstić information content (AvgIpc) is 4.17. The molecular weight excluding hydrogens is 1120 g/mol. The molecule has 3 aliphatic rings. The number of nitrogens with zero attached hydrogens (tertiary/aromatic N) is 4. The van der Waals surface area contributed by atoms with Crippen LogP contribution in [0.5, 0.6) is 0 Å². The fraction of sp³-hybridized carbons (Fsp3) is 0.491. The summed E-state index contributed by atoms with van der Waals surface area (Å²) in [6.45, 7) is 16.2. The quantitative estimate of drug-likeness (QED) is 0.0789. The van der Waals surface area contributed by atoms with Crippen LogP contribution in [0.15, 0.2) is 106 Å². The Morgan fingerprint density at radius 2 is 1.04 bits per heavy atom. The maximum Gasteiger partial charge on any atom is 1.00 e. The molecule has 9 rings (SSSR count). The minimum atomic E-state index is -0.522. The van der Waals surface area contributed by atoms with E-state index in [1.165, 1.54) is 47.0 Å². The van der Waals surface area contributed by atoms with Crippen LogP contribution in [0.25, 0.3) is 34.0 Å². The molecular formula is C57H78ClIN5NaO11. The second-order valence-electron chi connectivity index (χ2n) is 19.6. The zero-order valence-corrected chi connectivity index (χ0v) is 51.2. The van der Waals surface area contributed by atoms with Crippen molar-refractivity contribution in [2.45, 2.75) is 129 Å². The Labute approximate surface area is 492 Å². The van der Waals surface area contributed by atoms with Gasteiger partial charge in [0.05, 0.1) is 37.8 Å². The number of likely N-dealkylation sites (N-methyl/N-ethyl adjacent to an activating group) is 1. The number of amides is 2. The summed E-state index contributed by atoms with van der Waals surface area (Å²) in [5.74, 6) is 2.36. The summed E-state index contributed by atoms with van der Waals surface area (Å²) in [5.41, 5.74) is 9.44. The maximum atomic E-state index is 12.3. The Morgan fingerprint density at radius 1 is 0.658 bits per heavy atom. The van der Waals surface area contributed by atoms with E-state index >= 15 is 0 Å². The van der Waals surface area contributed by atoms with Crippen molar-refractivity contribution < 1.29 is 82.6 Å². The van der Waals surface area contributed by atoms with Crippen LogP contribution >= 0.6 is 35.0 Å². The average molecular weight is 1190 g/mol. The predicted octanol–water partition coefficient (Wildman–Crippen LogP) is 10.4. The molecule has 2 N–H and O–H groups in total. The molecule has 0 bridgehead atoms. The second kappa shape index (κ2) is 33.2. The molecule has 2 amide bonds. The fourth-order valence-corrected chi connectivity index (χ4v) is 8.96. The third-order valence-corrected chi connectivity index (χ3v) is 12.0. The SMILES string of the molecule is CC(C)(C)OC(=O)NC[C@@H]1OCCCc2c(-c3cnco3)cccc21.CCC[C@@H]1OCCCc2c(-c3cnco3)cccc21.CI.CN(C[C@@H]1OCCCc2c(-c3cnco3)cccc21)C(=O)OC(C)(C)C.CO.Cl.[H-].[Na+]. The first-order valence-electron chi connectivity index (χ1n) is 25.3. The van der Waals surface area contributed by atoms with E-state index in [9.17, 15) is 9.59 Å². The monoisotopic (exact) mass is 1190 g/mol. The largest absolute Gasteiger partial charge is 1.00 e. The Kier molecular flexibility index (Phi) is 28.8. The molecule has 0 saturated carbocycles. The number of aliphatic hydroxyl groups is 1. The van der Waals surface area contributed by atoms with E-state index in [0.717, 1.165) is 105 Å². The van der Waals surface area contributed by atoms with Crippen molar-refractivity contribution in [3.63, 3.8) is 0 Å². The first-order chi connectivity index (χ1) is 35.7. The molecule has 3 aliphatic heterocycles. The van der Waals surface area contributed by atoms with Gasteiger partial charge in [-0.15, -0.1) is 12.4 Å². The summed E-state index contributed by atoms with van der Waals surface area (Å²) >= 11 is 2.15. The number of carbonyl (C=O) groups is 2. The molecule has 16 nitrogen and oxygen atoms in total. The van der Waals surface area contributed by atoms with Gasteiger partial charge in [-0.25, -0.2) is 24.5 Å². The molecule has 0 spiro atoms. The van der Waals surface area contributed by atoms with Gasteiger partial charge in [0.25, 0.3) is 0 Å². The first-order valence-corrected chi connectivity index (χ1v) is 27.4. The Hall–Kier alpha value is -4.31. The third-order valence-electron chi connectivity index (χ3n) is 12.0. The van der Waals surface area contributed by atoms with Gasteiger partial charge in [-0.3, -0.25) is 0 Å². The summed E-state index contributed by atoms with van der Waals surface area (Å²) in [4.78, 5) is 39.9. The zero-order valence-electron chi connectivity index (χ0n) is 47.2. The number of nitrogens with one attached hydrogen (secondary N) is 1. The van der Waals surface area contributed by atoms with Crippen molar-refractivity contribution in [2.24, 2.45) is 0 Å². The van der Waals surface area contributed by atoms with Crippen molar-refractivity contribution in [1.82, 2.24) is 25.2 Å². The second-order valence-corrected chi connectivity index (χ2v) is 19.6. The number of rotatable bonds is 9. The minimum Gasteiger partial charge on any atom is -1.00 e. The minimum absolute atomic E-state index is 0. The van der Waals surface area contributed by atoms with Crippen LogP contribution < -0.4 is 34.9 Å². The molecule has 0 aliphatic carbocycles. The van der Waals surface area contributed by atoms with Crippen LogP contribution in [0.3, 0.4) is 0 Å². The van der Waals surface area contributed by atoms with E-state index in [2.05, 4.69) is 74.0 Å². The molecule has 19 heteroatoms. The van der Waals surface area contributed by atoms with Crippen molar-refractivity contribution in [1.29, 1.82) is 0 Å². The zero-order chi connectivity index (χ0) is 53.7. The van der Waals surface area contributed by atoms with Crippen LogP contribution in [-0.4, -0.2) is 100 Å². The van der Waals surface area contributed by atoms with Gasteiger partial charge in [0.1, 0.15) is 23.4 Å². The van der Waals surface area contributed by atoms with Crippen LogP contribution in [0.2, 0.25) is 0 Å². The van der Waals surface area contributed by atoms with E-state index in [1.54, 1.807) is 30.5 Å². The van der Waals surface area contributed by atoms with E-state index in [1.807, 2.05) is 76.8 Å². The number of hydrogen-bond donors (Lipinski definition) is 2. The van der Waals surface area contributed by atoms with Gasteiger partial charge in [-0.05, 0) is 125 Å². The Morgan fingerprint density at radius 3 is 1.42 bits per heavy atom. The van der Waals surface area contributed by atoms with Gasteiger partial charge in [0.15, 0.2) is 36.5 Å². The van der Waals surface area contributed by atoms with Gasteiger partial charge >= 0.3 is 41.7 Å². The molecule has 0 unspecified atom stereocenters. The van der Waals surface area contributed by atoms with E-state index in [4.69, 9.17) is 42.0 Å². The molecule has 0 fully saturated rings. The topological polar surface area (TPSA) is 194 Å². The molecule has 3 atom stereocenters. The van der Waals surface area contributed by atoms with Crippen LogP contribution in [-0.2, 0) is 42.9 Å². The number of benzene rings is 3. The van der Waals surface area contributed by atoms with Gasteiger partial charge in [0, 0.05) is 50.7 Å². The third kappa shape index (κ3) is 19.5. The summed E-state index contributed by atoms with van der Waals surface area (Å²) in [5, 5.41) is 9.81. The number of oxazole rings is 3. The van der Waals surface area contributed by atoms with E-state index in [0.29, 0.717) is 26.3 Å². The number of aromatic nitrogens is 3. The maximum absolute atomic E-state index is 12.3. The number of hydrogen-bond acceptors (Lipinski definition) is 14. The predicted molar refractivity (Wildman–Crippen MR) is 301 cm³/mol. The van der Waals surface area contributed by atoms with E-state index < -0.39 is 17.3 Å². The number of aliphatic hydroxyl groups excluding tert-OH is 1. The standard InChI is InChI=1S/C20H26N2O4.C19H24N2O4.C16H19NO2.CH3I.CH4O.ClH.Na.H/c1-20(2,3)26-19(23)22(4)12-18-16-8-5-7-15(17-11-21-13-25-17)14(16)9-6-10-24-18;1-19(2,3)25-18(22)21-11-17-15-7-4-6-14(16-10-20-12-24-16)13(15)8-5-9-23-17;1-2-5-15-13-6-3-7-14(16-10-17-11-19-16)12(13)8-4-9-18-15;2*1-2;;;/h5,7-8,11,13,18H,6,9-10,12H2,1-4H3;4,6-7,10,12,17H,5,8-9,11H2,1-3H3,(H,21,22);3,6-7,10-11,15H,2,4-5,8-9H2,1H3;1H3;2H,1H3;1H;;/q;;;;;;+1;-1/t18-;17-;15-;;;;;/m000...../s1. The van der Waals surface area contributed by atoms with E-state index in [-0.39, 0.29) is 67.8 Å². The molecule has 76 heavy (non-hydrogen) atoms. The van der Waals surface area contributed by atoms with Gasteiger partial charge in [-0.2, -0.15) is 0 Å². The number of carbonyl (C=O) groups excluding carboxylic acids is 2. The van der Waals surface area contributed by atoms with Crippen molar-refractivity contribution in [3.8, 4) is 34.0 Å². The van der Waals surface area contributed by atoms with Crippen molar-refractivity contribution in [3.05, 3.63) is 126 Å². The first kappa shape index (κ1) is 66.0. The molecule has 0 radical (unpaired) electrons. The summed E-state index contributed by atoms with van der Waals surface area (Å²) in [6, 6.07) is 18.6. The summed E-state index contributed by atoms with van der Waals surface area (Å²) in [6.07, 6.45) is 16.6. The summed E-state index contributed by atoms with van der Waals surface area (Å²) < 4.78 is 45.2. The molecule has 412 valence electrons. The number of ether oxygens (including phenoxy) is 5. The fourth-order valence-electron chi connectivity index (χ4n) is 8.96. The Bertz CT molecular complexity index is 2600. The van der Waals surface area contributed by atoms with Crippen molar-refractivity contribution in [2.75, 3.05) is 52.0 Å². The van der Waals surface area contributed by atoms with Crippen LogP contribution in [0.1, 0.15) is 134 Å². The molecule has 6 aromatic rings. The summed E-state index contributed by atoms with van der Waals surface area (Å²) in [7, 11) is 2.74. The normalized spacial score (nSPS) is 16.6. The molecule has 0 saturated heterocycles.